The Morgan fingerprint density at radius 3 is 2.67 bits per heavy atom. The lowest BCUT2D eigenvalue weighted by atomic mass is 10.2. The molecule has 27 heavy (non-hydrogen) atoms. The molecule has 3 rings (SSSR count). The molecule has 0 aliphatic carbocycles. The average Bonchev–Trinajstić information content (AvgIpc) is 3.08. The lowest BCUT2D eigenvalue weighted by Crippen LogP contribution is -2.33. The smallest absolute Gasteiger partial charge is 0.235 e. The third-order valence-corrected chi connectivity index (χ3v) is 5.05. The van der Waals surface area contributed by atoms with Crippen molar-refractivity contribution in [3.8, 4) is 0 Å². The van der Waals surface area contributed by atoms with Crippen molar-refractivity contribution in [2.24, 2.45) is 0 Å². The summed E-state index contributed by atoms with van der Waals surface area (Å²) in [5.74, 6) is -0.380. The van der Waals surface area contributed by atoms with Gasteiger partial charge in [0.15, 0.2) is 0 Å². The number of hydrogen-bond donors (Lipinski definition) is 0. The Balaban J connectivity index is 1.62. The summed E-state index contributed by atoms with van der Waals surface area (Å²) >= 11 is 1.31. The lowest BCUT2D eigenvalue weighted by Gasteiger charge is -2.21. The van der Waals surface area contributed by atoms with Crippen LogP contribution in [0.3, 0.4) is 0 Å². The van der Waals surface area contributed by atoms with Crippen molar-refractivity contribution in [1.82, 2.24) is 25.1 Å². The molecule has 1 heterocycles. The molecule has 0 bridgehead atoms. The minimum atomic E-state index is -0.371. The van der Waals surface area contributed by atoms with E-state index in [0.717, 1.165) is 11.1 Å². The van der Waals surface area contributed by atoms with Crippen molar-refractivity contribution in [2.75, 3.05) is 7.05 Å². The Labute approximate surface area is 161 Å². The van der Waals surface area contributed by atoms with Gasteiger partial charge in [0, 0.05) is 13.6 Å². The van der Waals surface area contributed by atoms with Crippen LogP contribution in [-0.2, 0) is 17.9 Å². The SMILES string of the molecule is CC(Sc1nnnn1Cc1ccccc1)C(=O)N(C)Cc1cccc(F)c1. The Bertz CT molecular complexity index is 902. The maximum atomic E-state index is 13.3. The summed E-state index contributed by atoms with van der Waals surface area (Å²) < 4.78 is 15.0. The summed E-state index contributed by atoms with van der Waals surface area (Å²) in [6.45, 7) is 2.70. The zero-order valence-electron chi connectivity index (χ0n) is 15.1. The summed E-state index contributed by atoms with van der Waals surface area (Å²) in [4.78, 5) is 14.2. The Morgan fingerprint density at radius 2 is 1.93 bits per heavy atom. The van der Waals surface area contributed by atoms with Crippen LogP contribution in [-0.4, -0.2) is 43.3 Å². The van der Waals surface area contributed by atoms with Crippen molar-refractivity contribution in [1.29, 1.82) is 0 Å². The predicted molar refractivity (Wildman–Crippen MR) is 102 cm³/mol. The molecule has 0 saturated heterocycles. The molecule has 0 saturated carbocycles. The summed E-state index contributed by atoms with van der Waals surface area (Å²) in [6.07, 6.45) is 0. The van der Waals surface area contributed by atoms with E-state index in [1.165, 1.54) is 23.9 Å². The summed E-state index contributed by atoms with van der Waals surface area (Å²) in [5.41, 5.74) is 1.82. The Kier molecular flexibility index (Phi) is 6.18. The molecule has 140 valence electrons. The van der Waals surface area contributed by atoms with Gasteiger partial charge in [-0.05, 0) is 40.6 Å². The van der Waals surface area contributed by atoms with Gasteiger partial charge in [0.2, 0.25) is 11.1 Å². The topological polar surface area (TPSA) is 63.9 Å². The van der Waals surface area contributed by atoms with E-state index in [0.29, 0.717) is 18.2 Å². The van der Waals surface area contributed by atoms with Gasteiger partial charge < -0.3 is 4.90 Å². The fourth-order valence-electron chi connectivity index (χ4n) is 2.64. The van der Waals surface area contributed by atoms with E-state index in [1.807, 2.05) is 37.3 Å². The van der Waals surface area contributed by atoms with Gasteiger partial charge >= 0.3 is 0 Å². The van der Waals surface area contributed by atoms with E-state index in [9.17, 15) is 9.18 Å². The monoisotopic (exact) mass is 385 g/mol. The highest BCUT2D eigenvalue weighted by Gasteiger charge is 2.22. The Hall–Kier alpha value is -2.74. The molecule has 1 unspecified atom stereocenters. The van der Waals surface area contributed by atoms with Crippen LogP contribution in [0, 0.1) is 5.82 Å². The highest BCUT2D eigenvalue weighted by atomic mass is 32.2. The first-order chi connectivity index (χ1) is 13.0. The van der Waals surface area contributed by atoms with Crippen LogP contribution >= 0.6 is 11.8 Å². The molecule has 2 aromatic carbocycles. The summed E-state index contributed by atoms with van der Waals surface area (Å²) in [6, 6.07) is 16.1. The predicted octanol–water partition coefficient (Wildman–Crippen LogP) is 3.00. The van der Waals surface area contributed by atoms with Gasteiger partial charge in [-0.15, -0.1) is 5.10 Å². The number of halogens is 1. The van der Waals surface area contributed by atoms with Gasteiger partial charge in [-0.1, -0.05) is 54.2 Å². The van der Waals surface area contributed by atoms with Crippen molar-refractivity contribution >= 4 is 17.7 Å². The fraction of sp³-hybridized carbons (Fsp3) is 0.263. The highest BCUT2D eigenvalue weighted by molar-refractivity contribution is 8.00. The molecule has 0 N–H and O–H groups in total. The van der Waals surface area contributed by atoms with Crippen LogP contribution in [0.25, 0.3) is 0 Å². The van der Waals surface area contributed by atoms with Crippen LogP contribution in [0.15, 0.2) is 59.8 Å². The number of tetrazole rings is 1. The zero-order valence-corrected chi connectivity index (χ0v) is 15.9. The van der Waals surface area contributed by atoms with E-state index in [-0.39, 0.29) is 17.0 Å². The third-order valence-electron chi connectivity index (χ3n) is 3.99. The summed E-state index contributed by atoms with van der Waals surface area (Å²) in [7, 11) is 1.71. The second-order valence-electron chi connectivity index (χ2n) is 6.19. The normalized spacial score (nSPS) is 12.0. The minimum Gasteiger partial charge on any atom is -0.340 e. The first kappa shape index (κ1) is 19.0. The van der Waals surface area contributed by atoms with E-state index < -0.39 is 0 Å². The molecule has 8 heteroatoms. The van der Waals surface area contributed by atoms with Crippen LogP contribution < -0.4 is 0 Å². The second-order valence-corrected chi connectivity index (χ2v) is 7.50. The molecule has 1 atom stereocenters. The van der Waals surface area contributed by atoms with E-state index in [1.54, 1.807) is 28.8 Å². The summed E-state index contributed by atoms with van der Waals surface area (Å²) in [5, 5.41) is 12.0. The van der Waals surface area contributed by atoms with E-state index >= 15 is 0 Å². The number of nitrogens with zero attached hydrogens (tertiary/aromatic N) is 5. The number of thioether (sulfide) groups is 1. The second kappa shape index (κ2) is 8.77. The van der Waals surface area contributed by atoms with Crippen LogP contribution in [0.4, 0.5) is 4.39 Å². The van der Waals surface area contributed by atoms with Crippen molar-refractivity contribution in [2.45, 2.75) is 30.4 Å². The van der Waals surface area contributed by atoms with Crippen LogP contribution in [0.5, 0.6) is 0 Å². The molecule has 1 aromatic heterocycles. The van der Waals surface area contributed by atoms with E-state index in [2.05, 4.69) is 15.5 Å². The first-order valence-electron chi connectivity index (χ1n) is 8.49. The first-order valence-corrected chi connectivity index (χ1v) is 9.37. The number of amides is 1. The number of rotatable bonds is 7. The number of carbonyl (C=O) groups excluding carboxylic acids is 1. The Morgan fingerprint density at radius 1 is 1.19 bits per heavy atom. The zero-order chi connectivity index (χ0) is 19.2. The fourth-order valence-corrected chi connectivity index (χ4v) is 3.55. The number of aromatic nitrogens is 4. The van der Waals surface area contributed by atoms with Crippen molar-refractivity contribution in [3.63, 3.8) is 0 Å². The molecular weight excluding hydrogens is 365 g/mol. The van der Waals surface area contributed by atoms with E-state index in [4.69, 9.17) is 0 Å². The number of benzene rings is 2. The van der Waals surface area contributed by atoms with Crippen LogP contribution in [0.2, 0.25) is 0 Å². The van der Waals surface area contributed by atoms with Gasteiger partial charge in [-0.2, -0.15) is 0 Å². The van der Waals surface area contributed by atoms with Gasteiger partial charge in [-0.3, -0.25) is 4.79 Å². The quantitative estimate of drug-likeness (QED) is 0.585. The molecular formula is C19H20FN5OS. The molecule has 3 aromatic rings. The maximum Gasteiger partial charge on any atom is 0.235 e. The standard InChI is InChI=1S/C19H20FN5OS/c1-14(18(26)24(2)12-16-9-6-10-17(20)11-16)27-19-21-22-23-25(19)13-15-7-4-3-5-8-15/h3-11,14H,12-13H2,1-2H3. The molecule has 0 fully saturated rings. The van der Waals surface area contributed by atoms with Crippen molar-refractivity contribution in [3.05, 3.63) is 71.5 Å². The molecule has 0 aliphatic heterocycles. The van der Waals surface area contributed by atoms with Gasteiger partial charge in [0.05, 0.1) is 11.8 Å². The van der Waals surface area contributed by atoms with Crippen LogP contribution in [0.1, 0.15) is 18.1 Å². The highest BCUT2D eigenvalue weighted by Crippen LogP contribution is 2.22. The minimum absolute atomic E-state index is 0.0708. The van der Waals surface area contributed by atoms with Crippen molar-refractivity contribution < 1.29 is 9.18 Å². The lowest BCUT2D eigenvalue weighted by molar-refractivity contribution is -0.129. The number of carbonyl (C=O) groups is 1. The third kappa shape index (κ3) is 5.13. The number of hydrogen-bond acceptors (Lipinski definition) is 5. The van der Waals surface area contributed by atoms with Gasteiger partial charge in [-0.25, -0.2) is 9.07 Å². The molecule has 0 aliphatic rings. The van der Waals surface area contributed by atoms with Gasteiger partial charge in [0.25, 0.3) is 0 Å². The average molecular weight is 385 g/mol. The molecule has 0 spiro atoms. The molecule has 6 nitrogen and oxygen atoms in total. The maximum absolute atomic E-state index is 13.3. The largest absolute Gasteiger partial charge is 0.340 e. The van der Waals surface area contributed by atoms with Gasteiger partial charge in [0.1, 0.15) is 5.82 Å². The molecule has 0 radical (unpaired) electrons. The molecule has 1 amide bonds.